The van der Waals surface area contributed by atoms with Gasteiger partial charge in [-0.15, -0.1) is 0 Å². The molecule has 0 heterocycles. The van der Waals surface area contributed by atoms with Crippen LogP contribution in [-0.4, -0.2) is 44.2 Å². The summed E-state index contributed by atoms with van der Waals surface area (Å²) in [4.78, 5) is 24.7. The number of carbonyl (C=O) groups excluding carboxylic acids is 2. The van der Waals surface area contributed by atoms with Crippen LogP contribution in [0.5, 0.6) is 0 Å². The molecule has 0 bridgehead atoms. The monoisotopic (exact) mass is 314 g/mol. The standard InChI is InChI=1S/C14H19ClN2O4/c1-4-20-14(19)16-12-7-5-6-11(15)10(12)9-21-13(18)8-17(2)3/h5-7H,4,8-9H2,1-3H3,(H,16,19). The van der Waals surface area contributed by atoms with Gasteiger partial charge in [0.25, 0.3) is 0 Å². The average molecular weight is 315 g/mol. The summed E-state index contributed by atoms with van der Waals surface area (Å²) in [6, 6.07) is 5.01. The fourth-order valence-corrected chi connectivity index (χ4v) is 1.79. The first-order chi connectivity index (χ1) is 9.93. The molecule has 1 rings (SSSR count). The first-order valence-electron chi connectivity index (χ1n) is 6.45. The molecular formula is C14H19ClN2O4. The molecule has 0 aliphatic carbocycles. The third kappa shape index (κ3) is 6.01. The van der Waals surface area contributed by atoms with Crippen molar-refractivity contribution in [2.24, 2.45) is 0 Å². The number of nitrogens with zero attached hydrogens (tertiary/aromatic N) is 1. The number of hydrogen-bond donors (Lipinski definition) is 1. The summed E-state index contributed by atoms with van der Waals surface area (Å²) in [5, 5.41) is 2.97. The molecule has 0 spiro atoms. The lowest BCUT2D eigenvalue weighted by molar-refractivity contribution is -0.145. The highest BCUT2D eigenvalue weighted by Crippen LogP contribution is 2.25. The van der Waals surface area contributed by atoms with Crippen LogP contribution >= 0.6 is 11.6 Å². The van der Waals surface area contributed by atoms with Gasteiger partial charge in [-0.1, -0.05) is 17.7 Å². The van der Waals surface area contributed by atoms with E-state index < -0.39 is 6.09 Å². The quantitative estimate of drug-likeness (QED) is 0.817. The highest BCUT2D eigenvalue weighted by atomic mass is 35.5. The number of anilines is 1. The molecule has 0 fully saturated rings. The number of benzene rings is 1. The molecule has 0 aromatic heterocycles. The molecule has 0 radical (unpaired) electrons. The van der Waals surface area contributed by atoms with Gasteiger partial charge < -0.3 is 9.47 Å². The minimum atomic E-state index is -0.583. The molecule has 6 nitrogen and oxygen atoms in total. The van der Waals surface area contributed by atoms with Gasteiger partial charge in [0.15, 0.2) is 0 Å². The minimum absolute atomic E-state index is 0.0198. The number of hydrogen-bond acceptors (Lipinski definition) is 5. The van der Waals surface area contributed by atoms with Gasteiger partial charge in [-0.2, -0.15) is 0 Å². The molecule has 7 heteroatoms. The maximum atomic E-state index is 11.6. The number of nitrogens with one attached hydrogen (secondary N) is 1. The maximum absolute atomic E-state index is 11.6. The summed E-state index contributed by atoms with van der Waals surface area (Å²) in [7, 11) is 3.54. The number of ether oxygens (including phenoxy) is 2. The zero-order valence-corrected chi connectivity index (χ0v) is 13.1. The molecule has 0 aliphatic rings. The Morgan fingerprint density at radius 2 is 2.00 bits per heavy atom. The second kappa shape index (κ2) is 8.49. The van der Waals surface area contributed by atoms with E-state index in [1.807, 2.05) is 0 Å². The van der Waals surface area contributed by atoms with Crippen molar-refractivity contribution in [3.05, 3.63) is 28.8 Å². The van der Waals surface area contributed by atoms with E-state index in [0.29, 0.717) is 16.3 Å². The second-order valence-electron chi connectivity index (χ2n) is 4.51. The molecule has 21 heavy (non-hydrogen) atoms. The van der Waals surface area contributed by atoms with Crippen molar-refractivity contribution in [3.8, 4) is 0 Å². The number of halogens is 1. The minimum Gasteiger partial charge on any atom is -0.460 e. The summed E-state index contributed by atoms with van der Waals surface area (Å²) in [5.74, 6) is -0.373. The van der Waals surface area contributed by atoms with Crippen LogP contribution in [0.1, 0.15) is 12.5 Å². The number of rotatable bonds is 6. The van der Waals surface area contributed by atoms with Crippen LogP contribution in [0.25, 0.3) is 0 Å². The Morgan fingerprint density at radius 3 is 2.62 bits per heavy atom. The van der Waals surface area contributed by atoms with E-state index in [2.05, 4.69) is 5.32 Å². The van der Waals surface area contributed by atoms with Crippen LogP contribution in [0, 0.1) is 0 Å². The van der Waals surface area contributed by atoms with Gasteiger partial charge in [-0.3, -0.25) is 15.0 Å². The van der Waals surface area contributed by atoms with Crippen molar-refractivity contribution in [1.82, 2.24) is 4.90 Å². The van der Waals surface area contributed by atoms with E-state index in [-0.39, 0.29) is 25.7 Å². The van der Waals surface area contributed by atoms with Crippen LogP contribution in [0.3, 0.4) is 0 Å². The Labute approximate surface area is 129 Å². The third-order valence-corrected chi connectivity index (χ3v) is 2.81. The molecule has 0 aliphatic heterocycles. The molecular weight excluding hydrogens is 296 g/mol. The lowest BCUT2D eigenvalue weighted by Crippen LogP contribution is -2.23. The van der Waals surface area contributed by atoms with Gasteiger partial charge in [0, 0.05) is 10.6 Å². The molecule has 116 valence electrons. The van der Waals surface area contributed by atoms with Crippen LogP contribution in [-0.2, 0) is 20.9 Å². The van der Waals surface area contributed by atoms with E-state index >= 15 is 0 Å². The second-order valence-corrected chi connectivity index (χ2v) is 4.92. The number of amides is 1. The molecule has 1 N–H and O–H groups in total. The highest BCUT2D eigenvalue weighted by molar-refractivity contribution is 6.31. The van der Waals surface area contributed by atoms with E-state index in [1.54, 1.807) is 44.1 Å². The molecule has 1 aromatic carbocycles. The zero-order chi connectivity index (χ0) is 15.8. The first kappa shape index (κ1) is 17.3. The molecule has 1 aromatic rings. The predicted molar refractivity (Wildman–Crippen MR) is 80.4 cm³/mol. The Balaban J connectivity index is 2.76. The Hall–Kier alpha value is -1.79. The smallest absolute Gasteiger partial charge is 0.411 e. The maximum Gasteiger partial charge on any atom is 0.411 e. The van der Waals surface area contributed by atoms with Gasteiger partial charge in [-0.25, -0.2) is 4.79 Å². The van der Waals surface area contributed by atoms with Crippen LogP contribution in [0.15, 0.2) is 18.2 Å². The first-order valence-corrected chi connectivity index (χ1v) is 6.83. The lowest BCUT2D eigenvalue weighted by atomic mass is 10.2. The highest BCUT2D eigenvalue weighted by Gasteiger charge is 2.13. The van der Waals surface area contributed by atoms with Crippen molar-refractivity contribution < 1.29 is 19.1 Å². The summed E-state index contributed by atoms with van der Waals surface area (Å²) in [6.45, 7) is 2.13. The lowest BCUT2D eigenvalue weighted by Gasteiger charge is -2.14. The van der Waals surface area contributed by atoms with Crippen molar-refractivity contribution in [2.45, 2.75) is 13.5 Å². The summed E-state index contributed by atoms with van der Waals surface area (Å²) in [6.07, 6.45) is -0.583. The van der Waals surface area contributed by atoms with Crippen LogP contribution < -0.4 is 5.32 Å². The Morgan fingerprint density at radius 1 is 1.29 bits per heavy atom. The van der Waals surface area contributed by atoms with Crippen molar-refractivity contribution >= 4 is 29.4 Å². The number of carbonyl (C=O) groups is 2. The fourth-order valence-electron chi connectivity index (χ4n) is 1.56. The Bertz CT molecular complexity index is 506. The largest absolute Gasteiger partial charge is 0.460 e. The summed E-state index contributed by atoms with van der Waals surface area (Å²) >= 11 is 6.09. The van der Waals surface area contributed by atoms with Gasteiger partial charge in [-0.05, 0) is 33.2 Å². The Kier molecular flexibility index (Phi) is 6.98. The average Bonchev–Trinajstić information content (AvgIpc) is 2.37. The molecule has 0 unspecified atom stereocenters. The van der Waals surface area contributed by atoms with E-state index in [0.717, 1.165) is 0 Å². The van der Waals surface area contributed by atoms with E-state index in [4.69, 9.17) is 21.1 Å². The van der Waals surface area contributed by atoms with Crippen molar-refractivity contribution in [2.75, 3.05) is 32.6 Å². The fraction of sp³-hybridized carbons (Fsp3) is 0.429. The van der Waals surface area contributed by atoms with Crippen molar-refractivity contribution in [1.29, 1.82) is 0 Å². The van der Waals surface area contributed by atoms with E-state index in [9.17, 15) is 9.59 Å². The SMILES string of the molecule is CCOC(=O)Nc1cccc(Cl)c1COC(=O)CN(C)C. The number of likely N-dealkylation sites (N-methyl/N-ethyl adjacent to an activating group) is 1. The predicted octanol–water partition coefficient (Wildman–Crippen LogP) is 2.51. The van der Waals surface area contributed by atoms with Gasteiger partial charge >= 0.3 is 12.1 Å². The van der Waals surface area contributed by atoms with Crippen LogP contribution in [0.2, 0.25) is 5.02 Å². The molecule has 1 amide bonds. The van der Waals surface area contributed by atoms with Crippen molar-refractivity contribution in [3.63, 3.8) is 0 Å². The molecule has 0 atom stereocenters. The molecule has 0 saturated heterocycles. The van der Waals surface area contributed by atoms with Gasteiger partial charge in [0.2, 0.25) is 0 Å². The van der Waals surface area contributed by atoms with E-state index in [1.165, 1.54) is 0 Å². The topological polar surface area (TPSA) is 67.9 Å². The number of esters is 1. The van der Waals surface area contributed by atoms with Gasteiger partial charge in [0.05, 0.1) is 18.8 Å². The van der Waals surface area contributed by atoms with Gasteiger partial charge in [0.1, 0.15) is 6.61 Å². The molecule has 0 saturated carbocycles. The summed E-state index contributed by atoms with van der Waals surface area (Å²) in [5.41, 5.74) is 0.984. The summed E-state index contributed by atoms with van der Waals surface area (Å²) < 4.78 is 9.96. The third-order valence-electron chi connectivity index (χ3n) is 2.45. The van der Waals surface area contributed by atoms with Crippen LogP contribution in [0.4, 0.5) is 10.5 Å². The normalized spacial score (nSPS) is 10.3. The zero-order valence-electron chi connectivity index (χ0n) is 12.3.